The Hall–Kier alpha value is -2.01. The summed E-state index contributed by atoms with van der Waals surface area (Å²) < 4.78 is 43.7. The van der Waals surface area contributed by atoms with Crippen molar-refractivity contribution in [1.82, 2.24) is 5.32 Å². The summed E-state index contributed by atoms with van der Waals surface area (Å²) in [5, 5.41) is 3.25. The number of aryl methyl sites for hydroxylation is 1. The predicted octanol–water partition coefficient (Wildman–Crippen LogP) is 4.87. The van der Waals surface area contributed by atoms with E-state index in [0.717, 1.165) is 22.9 Å². The Morgan fingerprint density at radius 2 is 1.87 bits per heavy atom. The van der Waals surface area contributed by atoms with Gasteiger partial charge in [0, 0.05) is 18.2 Å². The SMILES string of the molecule is COc1ccc(C)cc1CNC(C)c1cccc(C(F)(F)F)c1. The third-order valence-corrected chi connectivity index (χ3v) is 3.75. The van der Waals surface area contributed by atoms with Crippen molar-refractivity contribution in [2.24, 2.45) is 0 Å². The lowest BCUT2D eigenvalue weighted by molar-refractivity contribution is -0.137. The van der Waals surface area contributed by atoms with Crippen LogP contribution < -0.4 is 10.1 Å². The molecule has 1 unspecified atom stereocenters. The number of halogens is 3. The summed E-state index contributed by atoms with van der Waals surface area (Å²) in [4.78, 5) is 0. The number of ether oxygens (including phenoxy) is 1. The Balaban J connectivity index is 2.11. The van der Waals surface area contributed by atoms with Crippen molar-refractivity contribution in [3.05, 3.63) is 64.7 Å². The molecule has 2 aromatic rings. The van der Waals surface area contributed by atoms with Crippen LogP contribution in [0.3, 0.4) is 0 Å². The van der Waals surface area contributed by atoms with Gasteiger partial charge in [-0.3, -0.25) is 0 Å². The maximum Gasteiger partial charge on any atom is 0.416 e. The largest absolute Gasteiger partial charge is 0.496 e. The van der Waals surface area contributed by atoms with Gasteiger partial charge in [-0.2, -0.15) is 13.2 Å². The second kappa shape index (κ2) is 7.04. The molecule has 0 aliphatic rings. The van der Waals surface area contributed by atoms with E-state index in [1.54, 1.807) is 13.2 Å². The minimum Gasteiger partial charge on any atom is -0.496 e. The predicted molar refractivity (Wildman–Crippen MR) is 84.4 cm³/mol. The van der Waals surface area contributed by atoms with E-state index in [1.807, 2.05) is 32.0 Å². The summed E-state index contributed by atoms with van der Waals surface area (Å²) in [6.07, 6.45) is -4.32. The summed E-state index contributed by atoms with van der Waals surface area (Å²) in [5.41, 5.74) is 2.06. The molecule has 2 rings (SSSR count). The van der Waals surface area contributed by atoms with Gasteiger partial charge in [0.2, 0.25) is 0 Å². The van der Waals surface area contributed by atoms with E-state index < -0.39 is 11.7 Å². The Morgan fingerprint density at radius 1 is 1.13 bits per heavy atom. The van der Waals surface area contributed by atoms with Crippen LogP contribution in [0, 0.1) is 6.92 Å². The monoisotopic (exact) mass is 323 g/mol. The van der Waals surface area contributed by atoms with Crippen LogP contribution in [-0.4, -0.2) is 7.11 Å². The van der Waals surface area contributed by atoms with Gasteiger partial charge in [0.1, 0.15) is 5.75 Å². The Morgan fingerprint density at radius 3 is 2.52 bits per heavy atom. The molecule has 1 atom stereocenters. The first-order valence-electron chi connectivity index (χ1n) is 7.35. The number of methoxy groups -OCH3 is 1. The van der Waals surface area contributed by atoms with Gasteiger partial charge >= 0.3 is 6.18 Å². The number of rotatable bonds is 5. The van der Waals surface area contributed by atoms with Crippen molar-refractivity contribution in [3.8, 4) is 5.75 Å². The minimum atomic E-state index is -4.32. The molecule has 0 heterocycles. The highest BCUT2D eigenvalue weighted by Gasteiger charge is 2.30. The molecule has 0 radical (unpaired) electrons. The molecule has 2 aromatic carbocycles. The van der Waals surface area contributed by atoms with Crippen molar-refractivity contribution >= 4 is 0 Å². The van der Waals surface area contributed by atoms with Crippen molar-refractivity contribution in [2.75, 3.05) is 7.11 Å². The average molecular weight is 323 g/mol. The van der Waals surface area contributed by atoms with E-state index in [1.165, 1.54) is 12.1 Å². The number of nitrogens with one attached hydrogen (secondary N) is 1. The smallest absolute Gasteiger partial charge is 0.416 e. The first-order valence-corrected chi connectivity index (χ1v) is 7.35. The second-order valence-corrected chi connectivity index (χ2v) is 5.54. The zero-order chi connectivity index (χ0) is 17.0. The second-order valence-electron chi connectivity index (χ2n) is 5.54. The van der Waals surface area contributed by atoms with Gasteiger partial charge in [-0.1, -0.05) is 29.8 Å². The molecule has 0 amide bonds. The zero-order valence-electron chi connectivity index (χ0n) is 13.4. The summed E-state index contributed by atoms with van der Waals surface area (Å²) in [6, 6.07) is 11.0. The van der Waals surface area contributed by atoms with Crippen LogP contribution in [-0.2, 0) is 12.7 Å². The van der Waals surface area contributed by atoms with Crippen LogP contribution in [0.2, 0.25) is 0 Å². The number of benzene rings is 2. The van der Waals surface area contributed by atoms with Gasteiger partial charge in [-0.15, -0.1) is 0 Å². The van der Waals surface area contributed by atoms with Crippen LogP contribution in [0.15, 0.2) is 42.5 Å². The topological polar surface area (TPSA) is 21.3 Å². The average Bonchev–Trinajstić information content (AvgIpc) is 2.52. The number of hydrogen-bond acceptors (Lipinski definition) is 2. The number of alkyl halides is 3. The van der Waals surface area contributed by atoms with Crippen molar-refractivity contribution in [3.63, 3.8) is 0 Å². The van der Waals surface area contributed by atoms with Crippen molar-refractivity contribution < 1.29 is 17.9 Å². The molecule has 124 valence electrons. The van der Waals surface area contributed by atoms with Gasteiger partial charge in [0.25, 0.3) is 0 Å². The minimum absolute atomic E-state index is 0.206. The first kappa shape index (κ1) is 17.3. The van der Waals surface area contributed by atoms with Gasteiger partial charge in [0.15, 0.2) is 0 Å². The molecule has 0 aromatic heterocycles. The van der Waals surface area contributed by atoms with Gasteiger partial charge in [-0.05, 0) is 37.6 Å². The molecular formula is C18H20F3NO. The summed E-state index contributed by atoms with van der Waals surface area (Å²) in [7, 11) is 1.60. The van der Waals surface area contributed by atoms with Crippen LogP contribution in [0.25, 0.3) is 0 Å². The molecule has 23 heavy (non-hydrogen) atoms. The standard InChI is InChI=1S/C18H20F3NO/c1-12-7-8-17(23-3)15(9-12)11-22-13(2)14-5-4-6-16(10-14)18(19,20)21/h4-10,13,22H,11H2,1-3H3. The molecule has 0 saturated heterocycles. The molecular weight excluding hydrogens is 303 g/mol. The lowest BCUT2D eigenvalue weighted by Crippen LogP contribution is -2.19. The normalized spacial score (nSPS) is 13.0. The molecule has 0 bridgehead atoms. The Labute approximate surface area is 134 Å². The fourth-order valence-electron chi connectivity index (χ4n) is 2.41. The van der Waals surface area contributed by atoms with E-state index >= 15 is 0 Å². The first-order chi connectivity index (χ1) is 10.8. The van der Waals surface area contributed by atoms with Crippen LogP contribution >= 0.6 is 0 Å². The summed E-state index contributed by atoms with van der Waals surface area (Å²) in [5.74, 6) is 0.763. The van der Waals surface area contributed by atoms with E-state index in [0.29, 0.717) is 12.1 Å². The molecule has 0 fully saturated rings. The molecule has 0 aliphatic carbocycles. The fourth-order valence-corrected chi connectivity index (χ4v) is 2.41. The third kappa shape index (κ3) is 4.48. The summed E-state index contributed by atoms with van der Waals surface area (Å²) >= 11 is 0. The Bertz CT molecular complexity index is 668. The van der Waals surface area contributed by atoms with E-state index in [2.05, 4.69) is 5.32 Å². The Kier molecular flexibility index (Phi) is 5.31. The lowest BCUT2D eigenvalue weighted by atomic mass is 10.0. The van der Waals surface area contributed by atoms with Gasteiger partial charge in [-0.25, -0.2) is 0 Å². The van der Waals surface area contributed by atoms with Crippen molar-refractivity contribution in [1.29, 1.82) is 0 Å². The van der Waals surface area contributed by atoms with Crippen LogP contribution in [0.5, 0.6) is 5.75 Å². The zero-order valence-corrected chi connectivity index (χ0v) is 13.4. The molecule has 0 spiro atoms. The maximum absolute atomic E-state index is 12.8. The van der Waals surface area contributed by atoms with E-state index in [-0.39, 0.29) is 6.04 Å². The quantitative estimate of drug-likeness (QED) is 0.847. The van der Waals surface area contributed by atoms with Gasteiger partial charge in [0.05, 0.1) is 12.7 Å². The third-order valence-electron chi connectivity index (χ3n) is 3.75. The van der Waals surface area contributed by atoms with Crippen molar-refractivity contribution in [2.45, 2.75) is 32.6 Å². The highest BCUT2D eigenvalue weighted by Crippen LogP contribution is 2.31. The molecule has 2 nitrogen and oxygen atoms in total. The highest BCUT2D eigenvalue weighted by atomic mass is 19.4. The highest BCUT2D eigenvalue weighted by molar-refractivity contribution is 5.37. The van der Waals surface area contributed by atoms with Crippen LogP contribution in [0.4, 0.5) is 13.2 Å². The summed E-state index contributed by atoms with van der Waals surface area (Å²) in [6.45, 7) is 4.35. The van der Waals surface area contributed by atoms with E-state index in [4.69, 9.17) is 4.74 Å². The number of hydrogen-bond donors (Lipinski definition) is 1. The van der Waals surface area contributed by atoms with Crippen LogP contribution in [0.1, 0.15) is 35.2 Å². The lowest BCUT2D eigenvalue weighted by Gasteiger charge is -2.17. The maximum atomic E-state index is 12.8. The van der Waals surface area contributed by atoms with Gasteiger partial charge < -0.3 is 10.1 Å². The molecule has 1 N–H and O–H groups in total. The molecule has 0 saturated carbocycles. The molecule has 0 aliphatic heterocycles. The van der Waals surface area contributed by atoms with E-state index in [9.17, 15) is 13.2 Å². The fraction of sp³-hybridized carbons (Fsp3) is 0.333. The molecule has 5 heteroatoms.